The molecule has 0 spiro atoms. The van der Waals surface area contributed by atoms with Gasteiger partial charge in [0.05, 0.1) is 7.11 Å². The van der Waals surface area contributed by atoms with E-state index in [4.69, 9.17) is 4.74 Å². The molecule has 3 rings (SSSR count). The molecule has 132 valence electrons. The largest absolute Gasteiger partial charge is 0.497 e. The molecule has 0 radical (unpaired) electrons. The molecule has 0 bridgehead atoms. The molecule has 1 fully saturated rings. The molecule has 25 heavy (non-hydrogen) atoms. The normalized spacial score (nSPS) is 14.9. The van der Waals surface area contributed by atoms with Crippen LogP contribution in [0.3, 0.4) is 0 Å². The Bertz CT molecular complexity index is 770. The quantitative estimate of drug-likeness (QED) is 0.848. The summed E-state index contributed by atoms with van der Waals surface area (Å²) in [5.41, 5.74) is 0.986. The number of hydrogen-bond donors (Lipinski definition) is 0. The first kappa shape index (κ1) is 17.1. The van der Waals surface area contributed by atoms with E-state index in [-0.39, 0.29) is 18.0 Å². The lowest BCUT2D eigenvalue weighted by atomic mass is 10.2. The van der Waals surface area contributed by atoms with Crippen LogP contribution in [0.2, 0.25) is 0 Å². The molecule has 0 unspecified atom stereocenters. The van der Waals surface area contributed by atoms with E-state index >= 15 is 0 Å². The lowest BCUT2D eigenvalue weighted by Crippen LogP contribution is -2.38. The summed E-state index contributed by atoms with van der Waals surface area (Å²) in [6, 6.07) is 12.9. The molecular weight excluding hydrogens is 318 g/mol. The number of carbonyl (C=O) groups excluding carboxylic acids is 1. The van der Waals surface area contributed by atoms with Crippen LogP contribution >= 0.6 is 0 Å². The number of aromatic nitrogens is 1. The van der Waals surface area contributed by atoms with E-state index in [1.165, 1.54) is 10.6 Å². The van der Waals surface area contributed by atoms with E-state index in [1.54, 1.807) is 25.4 Å². The molecule has 2 aromatic rings. The second kappa shape index (κ2) is 7.88. The lowest BCUT2D eigenvalue weighted by Gasteiger charge is -2.24. The molecule has 6 nitrogen and oxygen atoms in total. The molecule has 2 heterocycles. The van der Waals surface area contributed by atoms with Crippen LogP contribution in [-0.4, -0.2) is 48.7 Å². The van der Waals surface area contributed by atoms with Crippen molar-refractivity contribution in [3.8, 4) is 5.75 Å². The standard InChI is InChI=1S/C19H23N3O3/c1-25-17-8-6-16(7-9-17)20-11-4-12-21(14-13-20)19(24)15-22-10-3-2-5-18(22)23/h2-3,5-10H,4,11-15H2,1H3. The number of rotatable bonds is 4. The highest BCUT2D eigenvalue weighted by molar-refractivity contribution is 5.76. The maximum absolute atomic E-state index is 12.5. The van der Waals surface area contributed by atoms with Crippen molar-refractivity contribution in [3.63, 3.8) is 0 Å². The average molecular weight is 341 g/mol. The van der Waals surface area contributed by atoms with E-state index in [9.17, 15) is 9.59 Å². The average Bonchev–Trinajstić information content (AvgIpc) is 2.90. The number of ether oxygens (including phenoxy) is 1. The number of hydrogen-bond acceptors (Lipinski definition) is 4. The summed E-state index contributed by atoms with van der Waals surface area (Å²) in [4.78, 5) is 28.4. The third kappa shape index (κ3) is 4.21. The van der Waals surface area contributed by atoms with Gasteiger partial charge in [0.15, 0.2) is 0 Å². The van der Waals surface area contributed by atoms with Crippen LogP contribution in [0.1, 0.15) is 6.42 Å². The van der Waals surface area contributed by atoms with Crippen molar-refractivity contribution < 1.29 is 9.53 Å². The van der Waals surface area contributed by atoms with Gasteiger partial charge in [0, 0.05) is 44.1 Å². The van der Waals surface area contributed by atoms with Gasteiger partial charge in [0.2, 0.25) is 5.91 Å². The van der Waals surface area contributed by atoms with Crippen molar-refractivity contribution in [1.82, 2.24) is 9.47 Å². The number of benzene rings is 1. The molecule has 1 aliphatic rings. The second-order valence-electron chi connectivity index (χ2n) is 6.09. The fourth-order valence-electron chi connectivity index (χ4n) is 3.06. The van der Waals surface area contributed by atoms with Crippen molar-refractivity contribution in [2.75, 3.05) is 38.2 Å². The Hall–Kier alpha value is -2.76. The van der Waals surface area contributed by atoms with Gasteiger partial charge < -0.3 is 19.1 Å². The summed E-state index contributed by atoms with van der Waals surface area (Å²) in [6.07, 6.45) is 2.56. The minimum Gasteiger partial charge on any atom is -0.497 e. The summed E-state index contributed by atoms with van der Waals surface area (Å²) >= 11 is 0. The minimum absolute atomic E-state index is 0.00937. The molecule has 6 heteroatoms. The molecule has 0 atom stereocenters. The molecule has 1 amide bonds. The highest BCUT2D eigenvalue weighted by Gasteiger charge is 2.19. The summed E-state index contributed by atoms with van der Waals surface area (Å²) in [5.74, 6) is 0.827. The number of carbonyl (C=O) groups is 1. The third-order valence-corrected chi connectivity index (χ3v) is 4.49. The van der Waals surface area contributed by atoms with E-state index in [1.807, 2.05) is 29.2 Å². The van der Waals surface area contributed by atoms with Crippen molar-refractivity contribution in [2.45, 2.75) is 13.0 Å². The Balaban J connectivity index is 1.61. The van der Waals surface area contributed by atoms with Gasteiger partial charge in [0.25, 0.3) is 5.56 Å². The number of anilines is 1. The first-order valence-corrected chi connectivity index (χ1v) is 8.49. The molecule has 0 aliphatic carbocycles. The molecule has 1 aromatic heterocycles. The maximum atomic E-state index is 12.5. The third-order valence-electron chi connectivity index (χ3n) is 4.49. The second-order valence-corrected chi connectivity index (χ2v) is 6.09. The first-order valence-electron chi connectivity index (χ1n) is 8.49. The zero-order chi connectivity index (χ0) is 17.6. The van der Waals surface area contributed by atoms with Gasteiger partial charge in [-0.05, 0) is 36.8 Å². The number of pyridine rings is 1. The molecule has 0 saturated carbocycles. The first-order chi connectivity index (χ1) is 12.2. The van der Waals surface area contributed by atoms with Gasteiger partial charge in [-0.3, -0.25) is 9.59 Å². The van der Waals surface area contributed by atoms with E-state index in [0.717, 1.165) is 30.9 Å². The Morgan fingerprint density at radius 2 is 1.84 bits per heavy atom. The molecule has 1 aromatic carbocycles. The van der Waals surface area contributed by atoms with E-state index < -0.39 is 0 Å². The monoisotopic (exact) mass is 341 g/mol. The van der Waals surface area contributed by atoms with Crippen LogP contribution < -0.4 is 15.2 Å². The zero-order valence-corrected chi connectivity index (χ0v) is 14.4. The summed E-state index contributed by atoms with van der Waals surface area (Å²) in [6.45, 7) is 3.16. The predicted molar refractivity (Wildman–Crippen MR) is 97.1 cm³/mol. The van der Waals surface area contributed by atoms with Crippen LogP contribution in [0.5, 0.6) is 5.75 Å². The van der Waals surface area contributed by atoms with Crippen LogP contribution in [0.15, 0.2) is 53.5 Å². The van der Waals surface area contributed by atoms with Crippen LogP contribution in [0.25, 0.3) is 0 Å². The Morgan fingerprint density at radius 1 is 1.04 bits per heavy atom. The topological polar surface area (TPSA) is 54.8 Å². The Kier molecular flexibility index (Phi) is 5.38. The Morgan fingerprint density at radius 3 is 2.56 bits per heavy atom. The smallest absolute Gasteiger partial charge is 0.250 e. The fourth-order valence-corrected chi connectivity index (χ4v) is 3.06. The highest BCUT2D eigenvalue weighted by Crippen LogP contribution is 2.20. The van der Waals surface area contributed by atoms with Crippen LogP contribution in [-0.2, 0) is 11.3 Å². The number of methoxy groups -OCH3 is 1. The molecule has 0 N–H and O–H groups in total. The van der Waals surface area contributed by atoms with Gasteiger partial charge in [-0.2, -0.15) is 0 Å². The summed E-state index contributed by atoms with van der Waals surface area (Å²) in [5, 5.41) is 0. The van der Waals surface area contributed by atoms with E-state index in [2.05, 4.69) is 4.90 Å². The number of amides is 1. The van der Waals surface area contributed by atoms with Gasteiger partial charge in [-0.25, -0.2) is 0 Å². The van der Waals surface area contributed by atoms with Crippen LogP contribution in [0.4, 0.5) is 5.69 Å². The summed E-state index contributed by atoms with van der Waals surface area (Å²) in [7, 11) is 1.66. The van der Waals surface area contributed by atoms with Crippen molar-refractivity contribution >= 4 is 11.6 Å². The number of nitrogens with zero attached hydrogens (tertiary/aromatic N) is 3. The lowest BCUT2D eigenvalue weighted by molar-refractivity contribution is -0.131. The van der Waals surface area contributed by atoms with Crippen molar-refractivity contribution in [2.24, 2.45) is 0 Å². The van der Waals surface area contributed by atoms with Crippen LogP contribution in [0, 0.1) is 0 Å². The van der Waals surface area contributed by atoms with Gasteiger partial charge in [-0.1, -0.05) is 6.07 Å². The molecular formula is C19H23N3O3. The molecule has 1 saturated heterocycles. The SMILES string of the molecule is COc1ccc(N2CCCN(C(=O)Cn3ccccc3=O)CC2)cc1. The van der Waals surface area contributed by atoms with Gasteiger partial charge >= 0.3 is 0 Å². The predicted octanol–water partition coefficient (Wildman–Crippen LogP) is 1.60. The maximum Gasteiger partial charge on any atom is 0.250 e. The molecule has 1 aliphatic heterocycles. The van der Waals surface area contributed by atoms with Crippen molar-refractivity contribution in [3.05, 3.63) is 59.0 Å². The van der Waals surface area contributed by atoms with E-state index in [0.29, 0.717) is 13.1 Å². The van der Waals surface area contributed by atoms with Gasteiger partial charge in [0.1, 0.15) is 12.3 Å². The zero-order valence-electron chi connectivity index (χ0n) is 14.4. The fraction of sp³-hybridized carbons (Fsp3) is 0.368. The highest BCUT2D eigenvalue weighted by atomic mass is 16.5. The van der Waals surface area contributed by atoms with Gasteiger partial charge in [-0.15, -0.1) is 0 Å². The minimum atomic E-state index is -0.148. The van der Waals surface area contributed by atoms with Crippen molar-refractivity contribution in [1.29, 1.82) is 0 Å². The summed E-state index contributed by atoms with van der Waals surface area (Å²) < 4.78 is 6.65. The Labute approximate surface area is 147 Å².